The molecule has 4 heteroatoms. The molecule has 0 unspecified atom stereocenters. The molecular formula is C17H22N2O2. The Labute approximate surface area is 125 Å². The third-order valence-corrected chi connectivity index (χ3v) is 5.28. The van der Waals surface area contributed by atoms with Gasteiger partial charge in [0.05, 0.1) is 0 Å². The van der Waals surface area contributed by atoms with Gasteiger partial charge in [-0.05, 0) is 44.1 Å². The lowest BCUT2D eigenvalue weighted by molar-refractivity contribution is -0.133. The van der Waals surface area contributed by atoms with Crippen molar-refractivity contribution in [1.82, 2.24) is 9.80 Å². The molecule has 2 aliphatic rings. The first-order valence-electron chi connectivity index (χ1n) is 7.58. The number of benzene rings is 1. The molecule has 0 N–H and O–H groups in total. The van der Waals surface area contributed by atoms with Gasteiger partial charge in [-0.2, -0.15) is 0 Å². The topological polar surface area (TPSA) is 40.6 Å². The van der Waals surface area contributed by atoms with Crippen LogP contribution in [-0.2, 0) is 4.79 Å². The Morgan fingerprint density at radius 2 is 1.62 bits per heavy atom. The van der Waals surface area contributed by atoms with Crippen LogP contribution in [0.4, 0.5) is 4.79 Å². The Kier molecular flexibility index (Phi) is 3.27. The van der Waals surface area contributed by atoms with Crippen LogP contribution in [-0.4, -0.2) is 41.4 Å². The van der Waals surface area contributed by atoms with E-state index in [9.17, 15) is 9.59 Å². The van der Waals surface area contributed by atoms with E-state index in [0.29, 0.717) is 5.92 Å². The second-order valence-electron chi connectivity index (χ2n) is 6.42. The first kappa shape index (κ1) is 14.1. The molecular weight excluding hydrogens is 264 g/mol. The van der Waals surface area contributed by atoms with Crippen molar-refractivity contribution in [3.63, 3.8) is 0 Å². The molecule has 0 bridgehead atoms. The molecule has 0 atom stereocenters. The number of imide groups is 1. The Bertz CT molecular complexity index is 571. The van der Waals surface area contributed by atoms with Crippen molar-refractivity contribution in [2.75, 3.05) is 14.1 Å². The highest BCUT2D eigenvalue weighted by atomic mass is 16.2. The molecule has 0 aromatic heterocycles. The van der Waals surface area contributed by atoms with Gasteiger partial charge in [-0.3, -0.25) is 9.69 Å². The summed E-state index contributed by atoms with van der Waals surface area (Å²) in [6.45, 7) is 2.09. The van der Waals surface area contributed by atoms with Crippen LogP contribution in [0.3, 0.4) is 0 Å². The van der Waals surface area contributed by atoms with Gasteiger partial charge in [0.15, 0.2) is 0 Å². The number of carbonyl (C=O) groups is 2. The van der Waals surface area contributed by atoms with Crippen LogP contribution in [0.5, 0.6) is 0 Å². The minimum atomic E-state index is -0.590. The lowest BCUT2D eigenvalue weighted by Gasteiger charge is -2.39. The number of amides is 3. The minimum Gasteiger partial charge on any atom is -0.313 e. The van der Waals surface area contributed by atoms with E-state index in [4.69, 9.17) is 0 Å². The molecule has 1 spiro atoms. The molecule has 1 aromatic carbocycles. The van der Waals surface area contributed by atoms with E-state index >= 15 is 0 Å². The SMILES string of the molecule is Cc1ccc(C2CCC3(CC2)C(=O)N(C)C(=O)N3C)cc1. The number of likely N-dealkylation sites (N-methyl/N-ethyl adjacent to an activating group) is 2. The lowest BCUT2D eigenvalue weighted by atomic mass is 9.73. The summed E-state index contributed by atoms with van der Waals surface area (Å²) in [4.78, 5) is 27.4. The Morgan fingerprint density at radius 1 is 1.05 bits per heavy atom. The van der Waals surface area contributed by atoms with Crippen molar-refractivity contribution >= 4 is 11.9 Å². The summed E-state index contributed by atoms with van der Waals surface area (Å²) in [5.74, 6) is 0.468. The van der Waals surface area contributed by atoms with Gasteiger partial charge in [0.2, 0.25) is 0 Å². The predicted octanol–water partition coefficient (Wildman–Crippen LogP) is 2.92. The number of hydrogen-bond donors (Lipinski definition) is 0. The molecule has 2 fully saturated rings. The molecule has 4 nitrogen and oxygen atoms in total. The van der Waals surface area contributed by atoms with Crippen LogP contribution < -0.4 is 0 Å². The van der Waals surface area contributed by atoms with Crippen LogP contribution in [0.1, 0.15) is 42.7 Å². The molecule has 1 heterocycles. The van der Waals surface area contributed by atoms with E-state index < -0.39 is 5.54 Å². The second kappa shape index (κ2) is 4.86. The fourth-order valence-corrected chi connectivity index (χ4v) is 3.77. The van der Waals surface area contributed by atoms with Crippen molar-refractivity contribution < 1.29 is 9.59 Å². The standard InChI is InChI=1S/C17H22N2O2/c1-12-4-6-13(7-5-12)14-8-10-17(11-9-14)15(20)18(2)16(21)19(17)3/h4-7,14H,8-11H2,1-3H3. The molecule has 1 aliphatic heterocycles. The third kappa shape index (κ3) is 2.04. The largest absolute Gasteiger partial charge is 0.327 e. The number of rotatable bonds is 1. The number of aryl methyl sites for hydroxylation is 1. The zero-order valence-corrected chi connectivity index (χ0v) is 12.9. The summed E-state index contributed by atoms with van der Waals surface area (Å²) in [6.07, 6.45) is 3.44. The van der Waals surface area contributed by atoms with Gasteiger partial charge in [0.1, 0.15) is 5.54 Å². The van der Waals surface area contributed by atoms with Crippen LogP contribution in [0.25, 0.3) is 0 Å². The Morgan fingerprint density at radius 3 is 2.10 bits per heavy atom. The molecule has 1 aromatic rings. The maximum atomic E-state index is 12.5. The van der Waals surface area contributed by atoms with Crippen molar-refractivity contribution in [1.29, 1.82) is 0 Å². The zero-order chi connectivity index (χ0) is 15.2. The van der Waals surface area contributed by atoms with Crippen LogP contribution >= 0.6 is 0 Å². The highest BCUT2D eigenvalue weighted by Gasteiger charge is 2.55. The summed E-state index contributed by atoms with van der Waals surface area (Å²) < 4.78 is 0. The van der Waals surface area contributed by atoms with E-state index in [1.807, 2.05) is 0 Å². The van der Waals surface area contributed by atoms with Gasteiger partial charge in [0, 0.05) is 14.1 Å². The molecule has 21 heavy (non-hydrogen) atoms. The highest BCUT2D eigenvalue weighted by Crippen LogP contribution is 2.44. The van der Waals surface area contributed by atoms with Crippen molar-refractivity contribution in [3.05, 3.63) is 35.4 Å². The van der Waals surface area contributed by atoms with Crippen LogP contribution in [0, 0.1) is 6.92 Å². The maximum Gasteiger partial charge on any atom is 0.327 e. The molecule has 1 aliphatic carbocycles. The van der Waals surface area contributed by atoms with Crippen LogP contribution in [0.15, 0.2) is 24.3 Å². The summed E-state index contributed by atoms with van der Waals surface area (Å²) in [5, 5.41) is 0. The zero-order valence-electron chi connectivity index (χ0n) is 12.9. The van der Waals surface area contributed by atoms with Crippen molar-refractivity contribution in [2.24, 2.45) is 0 Å². The van der Waals surface area contributed by atoms with E-state index in [1.54, 1.807) is 19.0 Å². The lowest BCUT2D eigenvalue weighted by Crippen LogP contribution is -2.50. The Hall–Kier alpha value is -1.84. The molecule has 112 valence electrons. The summed E-state index contributed by atoms with van der Waals surface area (Å²) in [6, 6.07) is 8.49. The van der Waals surface area contributed by atoms with Crippen LogP contribution in [0.2, 0.25) is 0 Å². The van der Waals surface area contributed by atoms with E-state index in [0.717, 1.165) is 25.7 Å². The highest BCUT2D eigenvalue weighted by molar-refractivity contribution is 6.06. The van der Waals surface area contributed by atoms with Gasteiger partial charge in [-0.1, -0.05) is 29.8 Å². The van der Waals surface area contributed by atoms with Crippen molar-refractivity contribution in [3.8, 4) is 0 Å². The minimum absolute atomic E-state index is 0.0302. The van der Waals surface area contributed by atoms with Gasteiger partial charge < -0.3 is 4.90 Å². The quantitative estimate of drug-likeness (QED) is 0.745. The van der Waals surface area contributed by atoms with E-state index in [-0.39, 0.29) is 11.9 Å². The van der Waals surface area contributed by atoms with Gasteiger partial charge in [-0.25, -0.2) is 4.79 Å². The summed E-state index contributed by atoms with van der Waals surface area (Å²) in [5.41, 5.74) is 2.03. The molecule has 3 rings (SSSR count). The number of urea groups is 1. The smallest absolute Gasteiger partial charge is 0.313 e. The van der Waals surface area contributed by atoms with E-state index in [1.165, 1.54) is 16.0 Å². The van der Waals surface area contributed by atoms with Crippen molar-refractivity contribution in [2.45, 2.75) is 44.1 Å². The number of carbonyl (C=O) groups excluding carboxylic acids is 2. The molecule has 1 saturated heterocycles. The van der Waals surface area contributed by atoms with Gasteiger partial charge in [0.25, 0.3) is 5.91 Å². The average molecular weight is 286 g/mol. The predicted molar refractivity (Wildman–Crippen MR) is 81.0 cm³/mol. The molecule has 0 radical (unpaired) electrons. The Balaban J connectivity index is 1.77. The second-order valence-corrected chi connectivity index (χ2v) is 6.42. The number of hydrogen-bond acceptors (Lipinski definition) is 2. The van der Waals surface area contributed by atoms with E-state index in [2.05, 4.69) is 31.2 Å². The molecule has 3 amide bonds. The van der Waals surface area contributed by atoms with Gasteiger partial charge in [-0.15, -0.1) is 0 Å². The first-order chi connectivity index (χ1) is 9.95. The summed E-state index contributed by atoms with van der Waals surface area (Å²) >= 11 is 0. The first-order valence-corrected chi connectivity index (χ1v) is 7.58. The monoisotopic (exact) mass is 286 g/mol. The fourth-order valence-electron chi connectivity index (χ4n) is 3.77. The fraction of sp³-hybridized carbons (Fsp3) is 0.529. The summed E-state index contributed by atoms with van der Waals surface area (Å²) in [7, 11) is 3.35. The number of nitrogens with zero attached hydrogens (tertiary/aromatic N) is 2. The maximum absolute atomic E-state index is 12.5. The van der Waals surface area contributed by atoms with Gasteiger partial charge >= 0.3 is 6.03 Å². The average Bonchev–Trinajstić information content (AvgIpc) is 2.66. The molecule has 1 saturated carbocycles. The third-order valence-electron chi connectivity index (χ3n) is 5.28. The normalized spacial score (nSPS) is 29.6.